The second-order valence-corrected chi connectivity index (χ2v) is 6.62. The van der Waals surface area contributed by atoms with Gasteiger partial charge in [-0.05, 0) is 31.5 Å². The van der Waals surface area contributed by atoms with Gasteiger partial charge in [-0.25, -0.2) is 9.98 Å². The van der Waals surface area contributed by atoms with E-state index in [2.05, 4.69) is 27.5 Å². The van der Waals surface area contributed by atoms with Crippen molar-refractivity contribution in [1.82, 2.24) is 15.6 Å². The third-order valence-electron chi connectivity index (χ3n) is 3.30. The summed E-state index contributed by atoms with van der Waals surface area (Å²) in [5.41, 5.74) is 6.77. The summed E-state index contributed by atoms with van der Waals surface area (Å²) in [6.45, 7) is 6.19. The first kappa shape index (κ1) is 17.9. The van der Waals surface area contributed by atoms with E-state index in [1.165, 1.54) is 4.88 Å². The van der Waals surface area contributed by atoms with Crippen LogP contribution in [-0.2, 0) is 13.0 Å². The van der Waals surface area contributed by atoms with Gasteiger partial charge in [-0.3, -0.25) is 4.79 Å². The molecule has 4 N–H and O–H groups in total. The molecule has 0 aliphatic heterocycles. The first-order valence-corrected chi connectivity index (χ1v) is 8.72. The van der Waals surface area contributed by atoms with Crippen LogP contribution >= 0.6 is 11.3 Å². The molecule has 1 aromatic heterocycles. The van der Waals surface area contributed by atoms with Crippen molar-refractivity contribution in [3.63, 3.8) is 0 Å². The summed E-state index contributed by atoms with van der Waals surface area (Å²) in [5, 5.41) is 7.65. The number of rotatable bonds is 7. The van der Waals surface area contributed by atoms with Crippen molar-refractivity contribution in [2.45, 2.75) is 26.8 Å². The molecule has 0 atom stereocenters. The van der Waals surface area contributed by atoms with E-state index in [1.807, 2.05) is 25.3 Å². The number of carbonyl (C=O) groups excluding carboxylic acids is 1. The van der Waals surface area contributed by atoms with Crippen LogP contribution in [0.3, 0.4) is 0 Å². The lowest BCUT2D eigenvalue weighted by molar-refractivity contribution is 0.100. The van der Waals surface area contributed by atoms with Gasteiger partial charge in [0.1, 0.15) is 0 Å². The molecule has 2 rings (SSSR count). The summed E-state index contributed by atoms with van der Waals surface area (Å²) in [6, 6.07) is 7.17. The number of nitrogens with two attached hydrogens (primary N) is 1. The first-order valence-electron chi connectivity index (χ1n) is 7.90. The number of amides is 1. The summed E-state index contributed by atoms with van der Waals surface area (Å²) in [5.74, 6) is 0.349. The molecule has 1 aromatic carbocycles. The molecule has 7 heteroatoms. The molecule has 1 heterocycles. The number of nitrogens with zero attached hydrogens (tertiary/aromatic N) is 2. The lowest BCUT2D eigenvalue weighted by Crippen LogP contribution is -2.38. The van der Waals surface area contributed by atoms with E-state index in [0.717, 1.165) is 36.0 Å². The number of aliphatic imine (C=N–C) groups is 1. The Hall–Kier alpha value is -2.41. The second kappa shape index (κ2) is 9.02. The molecule has 0 bridgehead atoms. The Bertz CT molecular complexity index is 693. The van der Waals surface area contributed by atoms with Gasteiger partial charge in [-0.15, -0.1) is 11.3 Å². The molecule has 0 fully saturated rings. The highest BCUT2D eigenvalue weighted by Crippen LogP contribution is 2.11. The van der Waals surface area contributed by atoms with Gasteiger partial charge in [0.2, 0.25) is 5.91 Å². The van der Waals surface area contributed by atoms with Gasteiger partial charge in [-0.1, -0.05) is 12.1 Å². The maximum Gasteiger partial charge on any atom is 0.248 e. The molecule has 6 nitrogen and oxygen atoms in total. The van der Waals surface area contributed by atoms with Gasteiger partial charge in [0.25, 0.3) is 0 Å². The molecule has 0 saturated carbocycles. The third kappa shape index (κ3) is 5.66. The Morgan fingerprint density at radius 1 is 1.29 bits per heavy atom. The minimum Gasteiger partial charge on any atom is -0.366 e. The minimum atomic E-state index is -0.419. The Labute approximate surface area is 146 Å². The summed E-state index contributed by atoms with van der Waals surface area (Å²) < 4.78 is 0. The quantitative estimate of drug-likeness (QED) is 0.527. The highest BCUT2D eigenvalue weighted by Gasteiger charge is 2.02. The van der Waals surface area contributed by atoms with E-state index in [4.69, 9.17) is 5.73 Å². The molecule has 128 valence electrons. The zero-order valence-corrected chi connectivity index (χ0v) is 14.8. The first-order chi connectivity index (χ1) is 11.6. The van der Waals surface area contributed by atoms with Crippen molar-refractivity contribution in [3.8, 4) is 0 Å². The fourth-order valence-corrected chi connectivity index (χ4v) is 2.88. The summed E-state index contributed by atoms with van der Waals surface area (Å²) >= 11 is 1.72. The fraction of sp³-hybridized carbons (Fsp3) is 0.353. The Morgan fingerprint density at radius 2 is 2.04 bits per heavy atom. The van der Waals surface area contributed by atoms with E-state index >= 15 is 0 Å². The van der Waals surface area contributed by atoms with Crippen molar-refractivity contribution in [2.24, 2.45) is 10.7 Å². The van der Waals surface area contributed by atoms with E-state index in [-0.39, 0.29) is 0 Å². The second-order valence-electron chi connectivity index (χ2n) is 5.30. The van der Waals surface area contributed by atoms with Crippen LogP contribution in [0.25, 0.3) is 0 Å². The number of primary amides is 1. The maximum atomic E-state index is 11.1. The predicted octanol–water partition coefficient (Wildman–Crippen LogP) is 1.85. The van der Waals surface area contributed by atoms with Crippen molar-refractivity contribution in [2.75, 3.05) is 13.1 Å². The molecule has 0 aliphatic rings. The van der Waals surface area contributed by atoms with E-state index in [1.54, 1.807) is 23.5 Å². The molecular formula is C17H23N5OS. The zero-order valence-electron chi connectivity index (χ0n) is 14.0. The smallest absolute Gasteiger partial charge is 0.248 e. The van der Waals surface area contributed by atoms with Gasteiger partial charge >= 0.3 is 0 Å². The predicted molar refractivity (Wildman–Crippen MR) is 98.3 cm³/mol. The van der Waals surface area contributed by atoms with Crippen molar-refractivity contribution >= 4 is 23.2 Å². The van der Waals surface area contributed by atoms with Gasteiger partial charge in [-0.2, -0.15) is 0 Å². The van der Waals surface area contributed by atoms with Crippen LogP contribution in [0.15, 0.2) is 35.5 Å². The van der Waals surface area contributed by atoms with Crippen LogP contribution in [-0.4, -0.2) is 29.9 Å². The van der Waals surface area contributed by atoms with Gasteiger partial charge in [0.05, 0.1) is 11.6 Å². The standard InChI is InChI=1S/C17H23N5OS/c1-3-19-17(20-9-8-15-21-10-12(2)24-15)22-11-13-4-6-14(7-5-13)16(18)23/h4-7,10H,3,8-9,11H2,1-2H3,(H2,18,23)(H2,19,20,22). The van der Waals surface area contributed by atoms with Crippen LogP contribution in [0.5, 0.6) is 0 Å². The van der Waals surface area contributed by atoms with Crippen LogP contribution < -0.4 is 16.4 Å². The molecule has 2 aromatic rings. The van der Waals surface area contributed by atoms with Crippen molar-refractivity contribution in [1.29, 1.82) is 0 Å². The van der Waals surface area contributed by atoms with Crippen LogP contribution in [0, 0.1) is 6.92 Å². The number of aryl methyl sites for hydroxylation is 1. The molecule has 0 spiro atoms. The number of aromatic nitrogens is 1. The monoisotopic (exact) mass is 345 g/mol. The topological polar surface area (TPSA) is 92.4 Å². The highest BCUT2D eigenvalue weighted by molar-refractivity contribution is 7.11. The number of hydrogen-bond donors (Lipinski definition) is 3. The molecule has 0 saturated heterocycles. The van der Waals surface area contributed by atoms with Gasteiger partial charge in [0.15, 0.2) is 5.96 Å². The molecule has 0 unspecified atom stereocenters. The van der Waals surface area contributed by atoms with Crippen LogP contribution in [0.4, 0.5) is 0 Å². The maximum absolute atomic E-state index is 11.1. The van der Waals surface area contributed by atoms with E-state index in [0.29, 0.717) is 12.1 Å². The van der Waals surface area contributed by atoms with Crippen LogP contribution in [0.2, 0.25) is 0 Å². The molecule has 1 amide bonds. The average molecular weight is 345 g/mol. The van der Waals surface area contributed by atoms with E-state index in [9.17, 15) is 4.79 Å². The van der Waals surface area contributed by atoms with Crippen molar-refractivity contribution < 1.29 is 4.79 Å². The lowest BCUT2D eigenvalue weighted by Gasteiger charge is -2.10. The van der Waals surface area contributed by atoms with Crippen molar-refractivity contribution in [3.05, 3.63) is 51.5 Å². The third-order valence-corrected chi connectivity index (χ3v) is 4.28. The normalized spacial score (nSPS) is 11.3. The van der Waals surface area contributed by atoms with Crippen LogP contribution in [0.1, 0.15) is 32.7 Å². The number of carbonyl (C=O) groups is 1. The average Bonchev–Trinajstić information content (AvgIpc) is 2.98. The lowest BCUT2D eigenvalue weighted by atomic mass is 10.1. The minimum absolute atomic E-state index is 0.419. The van der Waals surface area contributed by atoms with E-state index < -0.39 is 5.91 Å². The summed E-state index contributed by atoms with van der Waals surface area (Å²) in [7, 11) is 0. The fourth-order valence-electron chi connectivity index (χ4n) is 2.09. The number of hydrogen-bond acceptors (Lipinski definition) is 4. The molecular weight excluding hydrogens is 322 g/mol. The molecule has 0 radical (unpaired) electrons. The molecule has 24 heavy (non-hydrogen) atoms. The number of guanidine groups is 1. The highest BCUT2D eigenvalue weighted by atomic mass is 32.1. The van der Waals surface area contributed by atoms with Gasteiger partial charge in [0, 0.05) is 36.1 Å². The Kier molecular flexibility index (Phi) is 6.74. The number of thiazole rings is 1. The molecule has 0 aliphatic carbocycles. The SMILES string of the molecule is CCNC(=NCc1ccc(C(N)=O)cc1)NCCc1ncc(C)s1. The van der Waals surface area contributed by atoms with Gasteiger partial charge < -0.3 is 16.4 Å². The largest absolute Gasteiger partial charge is 0.366 e. The zero-order chi connectivity index (χ0) is 17.4. The summed E-state index contributed by atoms with van der Waals surface area (Å²) in [4.78, 5) is 21.2. The Morgan fingerprint density at radius 3 is 2.62 bits per heavy atom. The Balaban J connectivity index is 1.88. The number of benzene rings is 1. The summed E-state index contributed by atoms with van der Waals surface area (Å²) in [6.07, 6.45) is 2.77. The number of nitrogens with one attached hydrogen (secondary N) is 2.